The molecule has 0 aliphatic rings. The normalized spacial score (nSPS) is 11.9. The lowest BCUT2D eigenvalue weighted by atomic mass is 10.1. The molecule has 0 atom stereocenters. The lowest BCUT2D eigenvalue weighted by Gasteiger charge is -2.29. The maximum absolute atomic E-state index is 13.5. The van der Waals surface area contributed by atoms with Crippen molar-refractivity contribution in [2.75, 3.05) is 155 Å². The van der Waals surface area contributed by atoms with Gasteiger partial charge in [0.05, 0.1) is 62.1 Å². The van der Waals surface area contributed by atoms with Crippen LogP contribution in [0.3, 0.4) is 0 Å². The Balaban J connectivity index is -0.0000000543. The van der Waals surface area contributed by atoms with E-state index < -0.39 is 268 Å². The molecule has 0 heterocycles. The number of ether oxygens (including phenoxy) is 8. The Morgan fingerprint density at radius 2 is 0.353 bits per heavy atom. The fraction of sp³-hybridized carbons (Fsp3) is 1.00. The third kappa shape index (κ3) is 211. The molecular formula is C41H72F52O32S8. The van der Waals surface area contributed by atoms with Crippen molar-refractivity contribution in [1.29, 1.82) is 0 Å². The van der Waals surface area contributed by atoms with Crippen LogP contribution in [-0.4, -0.2) is 337 Å². The molecular weight excluding hydrogens is 2250 g/mol. The van der Waals surface area contributed by atoms with Gasteiger partial charge in [-0.1, -0.05) is 23.3 Å². The van der Waals surface area contributed by atoms with Crippen LogP contribution in [0, 0.1) is 0 Å². The highest BCUT2D eigenvalue weighted by Gasteiger charge is 2.69. The second kappa shape index (κ2) is 91.1. The maximum Gasteiger partial charge on any atom is 0.453 e. The molecule has 0 aromatic heterocycles. The van der Waals surface area contributed by atoms with E-state index in [1.54, 1.807) is 0 Å². The second-order valence-corrected chi connectivity index (χ2v) is 24.1. The van der Waals surface area contributed by atoms with E-state index in [2.05, 4.69) is 37.9 Å². The summed E-state index contributed by atoms with van der Waals surface area (Å²) in [6, 6.07) is 0. The zero-order valence-corrected chi connectivity index (χ0v) is 71.5. The van der Waals surface area contributed by atoms with E-state index in [4.69, 9.17) is 86.9 Å². The van der Waals surface area contributed by atoms with Gasteiger partial charge in [0.2, 0.25) is 0 Å². The van der Waals surface area contributed by atoms with Crippen molar-refractivity contribution >= 4 is 83.3 Å². The van der Waals surface area contributed by atoms with Crippen LogP contribution in [0.5, 0.6) is 0 Å². The topological polar surface area (TPSA) is 509 Å². The first-order chi connectivity index (χ1) is 58.2. The first-order valence-electron chi connectivity index (χ1n) is 27.7. The van der Waals surface area contributed by atoms with Crippen LogP contribution in [0.25, 0.3) is 0 Å². The molecule has 0 saturated heterocycles. The lowest BCUT2D eigenvalue weighted by molar-refractivity contribution is -0.513. The summed E-state index contributed by atoms with van der Waals surface area (Å²) in [5, 5.41) is 0. The number of alkyl halides is 46. The fourth-order valence-electron chi connectivity index (χ4n) is 2.65. The van der Waals surface area contributed by atoms with Crippen LogP contribution in [0.4, 0.5) is 225 Å². The summed E-state index contributed by atoms with van der Waals surface area (Å²) >= 11 is 0. The molecule has 0 aliphatic heterocycles. The Hall–Kier alpha value is -4.68. The van der Waals surface area contributed by atoms with Gasteiger partial charge < -0.3 is 9.47 Å². The molecule has 0 fully saturated rings. The Kier molecular flexibility index (Phi) is 124. The molecule has 0 aromatic carbocycles. The average molecular weight is 2320 g/mol. The van der Waals surface area contributed by atoms with Gasteiger partial charge in [-0.25, -0.2) is 80.8 Å². The molecule has 0 aromatic rings. The Morgan fingerprint density at radius 3 is 0.429 bits per heavy atom. The highest BCUT2D eigenvalue weighted by Crippen LogP contribution is 2.45. The standard InChI is InChI=1S/2C6H4F10O2.C5H4F8O.C5H10F2O6S2.C3H4F4O.2C2H4F2O.4C2H5F.4CH3F.6FHO3S/c2*7-1-3(9,10)17-5(13,14)6(15,16)18-4(11,12)2-8;6-1-3(8,9)5(12,13)14-4(10,11)2-7;6-2-1-5(7,3-14(8,9)10)4-15(11,12)13;4-1-3(6,7)8-2-5;2*3-1-5-2-4;4*1-2-3;4*1-2;6*1-5(2,3)4/h2*1-2H2;1-2H2;1-4H2,(H,8,9,10)(H,11,12,13);1-2H2;2*1-2H2;4*2H2,1H3;4*1H3;6*(H,2,3,4). The summed E-state index contributed by atoms with van der Waals surface area (Å²) in [5.41, 5.74) is -3.03. The Bertz CT molecular complexity index is 3070. The van der Waals surface area contributed by atoms with E-state index in [0.29, 0.717) is 28.7 Å². The first kappa shape index (κ1) is 181. The summed E-state index contributed by atoms with van der Waals surface area (Å²) in [4.78, 5) is 0. The van der Waals surface area contributed by atoms with Crippen molar-refractivity contribution in [3.05, 3.63) is 0 Å². The van der Waals surface area contributed by atoms with Gasteiger partial charge >= 0.3 is 136 Å². The quantitative estimate of drug-likeness (QED) is 0.0176. The molecule has 0 unspecified atom stereocenters. The van der Waals surface area contributed by atoms with Crippen LogP contribution in [0.15, 0.2) is 0 Å². The summed E-state index contributed by atoms with van der Waals surface area (Å²) in [5.74, 6) is -8.58. The third-order valence-corrected chi connectivity index (χ3v) is 7.36. The van der Waals surface area contributed by atoms with Crippen molar-refractivity contribution in [2.24, 2.45) is 0 Å². The van der Waals surface area contributed by atoms with E-state index in [1.165, 1.54) is 27.7 Å². The predicted molar refractivity (Wildman–Crippen MR) is 338 cm³/mol. The van der Waals surface area contributed by atoms with Gasteiger partial charge in [-0.2, -0.15) is 173 Å². The smallest absolute Gasteiger partial charge is 0.319 e. The molecule has 8 N–H and O–H groups in total. The van der Waals surface area contributed by atoms with Crippen LogP contribution in [0.1, 0.15) is 34.1 Å². The Labute approximate surface area is 716 Å². The van der Waals surface area contributed by atoms with Crippen LogP contribution in [0.2, 0.25) is 0 Å². The van der Waals surface area contributed by atoms with Gasteiger partial charge in [0.25, 0.3) is 20.2 Å². The van der Waals surface area contributed by atoms with E-state index in [0.717, 1.165) is 0 Å². The van der Waals surface area contributed by atoms with Crippen molar-refractivity contribution in [3.63, 3.8) is 0 Å². The van der Waals surface area contributed by atoms with Gasteiger partial charge in [-0.05, 0) is 27.7 Å². The number of halogens is 52. The number of hydrogen-bond donors (Lipinski definition) is 8. The molecule has 0 saturated carbocycles. The van der Waals surface area contributed by atoms with Gasteiger partial charge in [0.1, 0.15) is 17.2 Å². The largest absolute Gasteiger partial charge is 0.453 e. The maximum atomic E-state index is 13.5. The molecule has 0 bridgehead atoms. The summed E-state index contributed by atoms with van der Waals surface area (Å²) in [6.45, 7) is -21.6. The summed E-state index contributed by atoms with van der Waals surface area (Å²) < 4.78 is 808. The molecule has 0 amide bonds. The minimum absolute atomic E-state index is 0.250. The van der Waals surface area contributed by atoms with Crippen molar-refractivity contribution in [2.45, 2.75) is 113 Å². The molecule has 92 heteroatoms. The van der Waals surface area contributed by atoms with E-state index in [1.807, 2.05) is 0 Å². The van der Waals surface area contributed by atoms with E-state index >= 15 is 0 Å². The summed E-state index contributed by atoms with van der Waals surface area (Å²) in [6.07, 6.45) is -62.5. The zero-order chi connectivity index (χ0) is 114. The molecule has 0 radical (unpaired) electrons. The molecule has 133 heavy (non-hydrogen) atoms. The average Bonchev–Trinajstić information content (AvgIpc) is 0.795. The number of rotatable bonds is 32. The monoisotopic (exact) mass is 2320 g/mol. The Morgan fingerprint density at radius 1 is 0.226 bits per heavy atom. The van der Waals surface area contributed by atoms with Gasteiger partial charge in [0.15, 0.2) is 81.0 Å². The molecule has 840 valence electrons. The third-order valence-electron chi connectivity index (χ3n) is 5.59. The number of hydrogen-bond acceptors (Lipinski definition) is 24. The summed E-state index contributed by atoms with van der Waals surface area (Å²) in [7, 11) is -38.6. The van der Waals surface area contributed by atoms with E-state index in [-0.39, 0.29) is 26.7 Å². The first-order valence-corrected chi connectivity index (χ1v) is 39.0. The second-order valence-electron chi connectivity index (χ2n) is 16.2. The van der Waals surface area contributed by atoms with Crippen LogP contribution >= 0.6 is 0 Å². The van der Waals surface area contributed by atoms with Gasteiger partial charge in [-0.3, -0.25) is 80.7 Å². The predicted octanol–water partition coefficient (Wildman–Crippen LogP) is 17.3. The van der Waals surface area contributed by atoms with Crippen molar-refractivity contribution < 1.29 is 367 Å². The lowest BCUT2D eigenvalue weighted by Crippen LogP contribution is -2.52. The van der Waals surface area contributed by atoms with Crippen LogP contribution < -0.4 is 0 Å². The minimum Gasteiger partial charge on any atom is -0.319 e. The molecule has 0 aliphatic carbocycles. The van der Waals surface area contributed by atoms with Crippen LogP contribution in [-0.2, 0) is 121 Å². The fourth-order valence-corrected chi connectivity index (χ4v) is 4.58. The highest BCUT2D eigenvalue weighted by molar-refractivity contribution is 7.87. The SMILES string of the molecule is CCF.CCF.CCF.CCF.CF.CF.CF.CF.FCC(F)(F)OC(F)(F)C(F)(F)CF.FCC(F)(F)OC(F)(F)C(F)(F)OC(F)(F)CF.FCC(F)(F)OC(F)(F)C(F)(F)OC(F)(F)CF.FCOC(F)(F)CF.FCOCF.FCOCF.O=S(=O)(O)CC(F)(CCF)CS(=O)(=O)O.O=S(=O)(O)F.O=S(=O)(O)F.O=S(=O)(O)F.O=S(=O)(O)F.O=S(=O)(O)F.O=S(=O)(O)F. The highest BCUT2D eigenvalue weighted by atomic mass is 32.3. The van der Waals surface area contributed by atoms with Gasteiger partial charge in [0, 0.05) is 6.42 Å². The van der Waals surface area contributed by atoms with E-state index in [9.17, 15) is 242 Å². The minimum atomic E-state index is -6.30. The molecule has 0 spiro atoms. The molecule has 0 rings (SSSR count). The van der Waals surface area contributed by atoms with Crippen molar-refractivity contribution in [3.8, 4) is 0 Å². The van der Waals surface area contributed by atoms with Gasteiger partial charge in [-0.15, -0.1) is 0 Å². The van der Waals surface area contributed by atoms with Crippen molar-refractivity contribution in [1.82, 2.24) is 0 Å². The molecule has 32 nitrogen and oxygen atoms in total. The zero-order valence-electron chi connectivity index (χ0n) is 64.9.